The summed E-state index contributed by atoms with van der Waals surface area (Å²) < 4.78 is 4.62. The molecule has 1 aromatic carbocycles. The number of rotatable bonds is 6. The van der Waals surface area contributed by atoms with Crippen LogP contribution in [0.3, 0.4) is 0 Å². The molecule has 1 aromatic heterocycles. The van der Waals surface area contributed by atoms with E-state index in [-0.39, 0.29) is 23.3 Å². The van der Waals surface area contributed by atoms with Crippen LogP contribution in [-0.4, -0.2) is 47.7 Å². The van der Waals surface area contributed by atoms with Crippen LogP contribution in [0.4, 0.5) is 0 Å². The SMILES string of the molecule is COC(=O)c1ccc(C(=O)N2CCC(C(=O)c3ccc(CC(C)C)cc3)CC2)cn1. The zero-order chi connectivity index (χ0) is 21.7. The first kappa shape index (κ1) is 21.7. The highest BCUT2D eigenvalue weighted by atomic mass is 16.5. The number of aromatic nitrogens is 1. The van der Waals surface area contributed by atoms with E-state index in [0.717, 1.165) is 12.0 Å². The van der Waals surface area contributed by atoms with Crippen molar-refractivity contribution in [3.63, 3.8) is 0 Å². The minimum Gasteiger partial charge on any atom is -0.464 e. The highest BCUT2D eigenvalue weighted by molar-refractivity contribution is 5.98. The smallest absolute Gasteiger partial charge is 0.356 e. The number of ether oxygens (including phenoxy) is 1. The fourth-order valence-electron chi connectivity index (χ4n) is 3.79. The molecule has 0 saturated carbocycles. The van der Waals surface area contributed by atoms with E-state index in [1.165, 1.54) is 24.9 Å². The van der Waals surface area contributed by atoms with Gasteiger partial charge in [-0.15, -0.1) is 0 Å². The Hall–Kier alpha value is -3.02. The Kier molecular flexibility index (Phi) is 6.98. The third-order valence-electron chi connectivity index (χ3n) is 5.44. The summed E-state index contributed by atoms with van der Waals surface area (Å²) in [7, 11) is 1.29. The van der Waals surface area contributed by atoms with E-state index >= 15 is 0 Å². The van der Waals surface area contributed by atoms with Gasteiger partial charge in [0.25, 0.3) is 5.91 Å². The topological polar surface area (TPSA) is 76.6 Å². The second-order valence-corrected chi connectivity index (χ2v) is 8.15. The molecule has 1 amide bonds. The molecule has 0 aliphatic carbocycles. The quantitative estimate of drug-likeness (QED) is 0.537. The average Bonchev–Trinajstić information content (AvgIpc) is 2.78. The van der Waals surface area contributed by atoms with Crippen molar-refractivity contribution in [3.8, 4) is 0 Å². The first-order valence-electron chi connectivity index (χ1n) is 10.4. The number of hydrogen-bond acceptors (Lipinski definition) is 5. The Morgan fingerprint density at radius 3 is 2.20 bits per heavy atom. The van der Waals surface area contributed by atoms with E-state index in [2.05, 4.69) is 23.6 Å². The lowest BCUT2D eigenvalue weighted by atomic mass is 9.88. The van der Waals surface area contributed by atoms with Crippen molar-refractivity contribution in [2.45, 2.75) is 33.1 Å². The standard InChI is InChI=1S/C24H28N2O4/c1-16(2)14-17-4-6-18(7-5-17)22(27)19-10-12-26(13-11-19)23(28)20-8-9-21(25-15-20)24(29)30-3/h4-9,15-16,19H,10-14H2,1-3H3. The average molecular weight is 408 g/mol. The third kappa shape index (κ3) is 5.12. The Morgan fingerprint density at radius 1 is 1.03 bits per heavy atom. The maximum absolute atomic E-state index is 12.9. The Morgan fingerprint density at radius 2 is 1.67 bits per heavy atom. The summed E-state index contributed by atoms with van der Waals surface area (Å²) in [6.07, 6.45) is 3.69. The number of carbonyl (C=O) groups excluding carboxylic acids is 3. The summed E-state index contributed by atoms with van der Waals surface area (Å²) in [5, 5.41) is 0. The van der Waals surface area contributed by atoms with Gasteiger partial charge in [0.2, 0.25) is 0 Å². The first-order valence-corrected chi connectivity index (χ1v) is 10.4. The lowest BCUT2D eigenvalue weighted by Crippen LogP contribution is -2.40. The van der Waals surface area contributed by atoms with Crippen molar-refractivity contribution < 1.29 is 19.1 Å². The monoisotopic (exact) mass is 408 g/mol. The number of nitrogens with zero attached hydrogens (tertiary/aromatic N) is 2. The van der Waals surface area contributed by atoms with Crippen molar-refractivity contribution in [2.24, 2.45) is 11.8 Å². The van der Waals surface area contributed by atoms with Gasteiger partial charge >= 0.3 is 5.97 Å². The van der Waals surface area contributed by atoms with Gasteiger partial charge in [0, 0.05) is 30.8 Å². The largest absolute Gasteiger partial charge is 0.464 e. The number of piperidine rings is 1. The third-order valence-corrected chi connectivity index (χ3v) is 5.44. The molecule has 0 spiro atoms. The number of methoxy groups -OCH3 is 1. The molecular weight excluding hydrogens is 380 g/mol. The molecule has 0 atom stereocenters. The molecule has 0 N–H and O–H groups in total. The summed E-state index contributed by atoms with van der Waals surface area (Å²) in [6.45, 7) is 5.41. The predicted molar refractivity (Wildman–Crippen MR) is 114 cm³/mol. The van der Waals surface area contributed by atoms with Crippen LogP contribution < -0.4 is 0 Å². The minimum atomic E-state index is -0.537. The van der Waals surface area contributed by atoms with Crippen LogP contribution in [0.15, 0.2) is 42.6 Å². The molecule has 2 aromatic rings. The molecule has 2 heterocycles. The van der Waals surface area contributed by atoms with Gasteiger partial charge in [-0.1, -0.05) is 38.1 Å². The lowest BCUT2D eigenvalue weighted by Gasteiger charge is -2.31. The van der Waals surface area contributed by atoms with Crippen molar-refractivity contribution in [1.29, 1.82) is 0 Å². The maximum atomic E-state index is 12.9. The van der Waals surface area contributed by atoms with Crippen LogP contribution in [-0.2, 0) is 11.2 Å². The van der Waals surface area contributed by atoms with E-state index in [1.807, 2.05) is 24.3 Å². The summed E-state index contributed by atoms with van der Waals surface area (Å²) in [5.74, 6) is 0.000760. The number of benzene rings is 1. The normalized spacial score (nSPS) is 14.6. The van der Waals surface area contributed by atoms with Crippen molar-refractivity contribution >= 4 is 17.7 Å². The van der Waals surface area contributed by atoms with Crippen molar-refractivity contribution in [2.75, 3.05) is 20.2 Å². The van der Waals surface area contributed by atoms with Crippen LogP contribution in [0.25, 0.3) is 0 Å². The fraction of sp³-hybridized carbons (Fsp3) is 0.417. The molecular formula is C24H28N2O4. The molecule has 1 aliphatic heterocycles. The molecule has 0 bridgehead atoms. The molecule has 3 rings (SSSR count). The predicted octanol–water partition coefficient (Wildman–Crippen LogP) is 3.80. The summed E-state index contributed by atoms with van der Waals surface area (Å²) >= 11 is 0. The Labute approximate surface area is 177 Å². The number of carbonyl (C=O) groups is 3. The summed E-state index contributed by atoms with van der Waals surface area (Å²) in [4.78, 5) is 42.8. The van der Waals surface area contributed by atoms with Crippen LogP contribution in [0, 0.1) is 11.8 Å². The molecule has 30 heavy (non-hydrogen) atoms. The number of ketones is 1. The Balaban J connectivity index is 1.56. The number of Topliss-reactive ketones (excluding diaryl/α,β-unsaturated/α-hetero) is 1. The van der Waals surface area contributed by atoms with Gasteiger partial charge in [0.15, 0.2) is 5.78 Å². The van der Waals surface area contributed by atoms with Gasteiger partial charge in [-0.05, 0) is 42.9 Å². The van der Waals surface area contributed by atoms with Crippen LogP contribution in [0.2, 0.25) is 0 Å². The van der Waals surface area contributed by atoms with E-state index in [4.69, 9.17) is 0 Å². The Bertz CT molecular complexity index is 896. The molecule has 0 unspecified atom stereocenters. The van der Waals surface area contributed by atoms with Crippen LogP contribution in [0.1, 0.15) is 63.5 Å². The number of likely N-dealkylation sites (tertiary alicyclic amines) is 1. The second-order valence-electron chi connectivity index (χ2n) is 8.15. The van der Waals surface area contributed by atoms with Crippen molar-refractivity contribution in [3.05, 3.63) is 65.0 Å². The summed E-state index contributed by atoms with van der Waals surface area (Å²) in [5.41, 5.74) is 2.58. The van der Waals surface area contributed by atoms with E-state index < -0.39 is 5.97 Å². The second kappa shape index (κ2) is 9.65. The highest BCUT2D eigenvalue weighted by Crippen LogP contribution is 2.23. The molecule has 1 aliphatic rings. The van der Waals surface area contributed by atoms with Crippen molar-refractivity contribution in [1.82, 2.24) is 9.88 Å². The van der Waals surface area contributed by atoms with Gasteiger partial charge in [-0.3, -0.25) is 9.59 Å². The number of hydrogen-bond donors (Lipinski definition) is 0. The van der Waals surface area contributed by atoms with Crippen LogP contribution >= 0.6 is 0 Å². The molecule has 0 radical (unpaired) electrons. The van der Waals surface area contributed by atoms with Gasteiger partial charge in [0.1, 0.15) is 5.69 Å². The minimum absolute atomic E-state index is 0.0650. The fourth-order valence-corrected chi connectivity index (χ4v) is 3.79. The molecule has 158 valence electrons. The molecule has 6 nitrogen and oxygen atoms in total. The molecule has 1 saturated heterocycles. The summed E-state index contributed by atoms with van der Waals surface area (Å²) in [6, 6.07) is 11.0. The molecule has 6 heteroatoms. The van der Waals surface area contributed by atoms with Gasteiger partial charge in [0.05, 0.1) is 12.7 Å². The maximum Gasteiger partial charge on any atom is 0.356 e. The molecule has 1 fully saturated rings. The van der Waals surface area contributed by atoms with E-state index in [9.17, 15) is 14.4 Å². The zero-order valence-corrected chi connectivity index (χ0v) is 17.8. The number of esters is 1. The zero-order valence-electron chi connectivity index (χ0n) is 17.8. The van der Waals surface area contributed by atoms with E-state index in [0.29, 0.717) is 37.4 Å². The van der Waals surface area contributed by atoms with Gasteiger partial charge in [-0.2, -0.15) is 0 Å². The van der Waals surface area contributed by atoms with Gasteiger partial charge in [-0.25, -0.2) is 9.78 Å². The van der Waals surface area contributed by atoms with Gasteiger partial charge < -0.3 is 9.64 Å². The van der Waals surface area contributed by atoms with Crippen LogP contribution in [0.5, 0.6) is 0 Å². The number of pyridine rings is 1. The number of amides is 1. The highest BCUT2D eigenvalue weighted by Gasteiger charge is 2.28. The first-order chi connectivity index (χ1) is 14.4. The van der Waals surface area contributed by atoms with E-state index in [1.54, 1.807) is 11.0 Å². The lowest BCUT2D eigenvalue weighted by molar-refractivity contribution is 0.0592.